The van der Waals surface area contributed by atoms with Crippen molar-refractivity contribution < 1.29 is 9.31 Å². The highest BCUT2D eigenvalue weighted by atomic mass is 16.7. The molecule has 2 saturated heterocycles. The lowest BCUT2D eigenvalue weighted by atomic mass is 9.79. The smallest absolute Gasteiger partial charge is 0.399 e. The highest BCUT2D eigenvalue weighted by Crippen LogP contribution is 2.36. The zero-order chi connectivity index (χ0) is 14.4. The van der Waals surface area contributed by atoms with Gasteiger partial charge in [-0.3, -0.25) is 5.32 Å². The Morgan fingerprint density at radius 2 is 1.65 bits per heavy atom. The van der Waals surface area contributed by atoms with Crippen LogP contribution in [0.5, 0.6) is 0 Å². The van der Waals surface area contributed by atoms with Crippen LogP contribution in [0, 0.1) is 0 Å². The summed E-state index contributed by atoms with van der Waals surface area (Å²) in [5, 5.41) is 3.34. The third-order valence-electron chi connectivity index (χ3n) is 4.64. The van der Waals surface area contributed by atoms with Gasteiger partial charge in [0.25, 0.3) is 0 Å². The molecule has 0 amide bonds. The molecule has 0 atom stereocenters. The molecule has 2 heterocycles. The number of benzene rings is 1. The van der Waals surface area contributed by atoms with E-state index in [1.165, 1.54) is 5.69 Å². The van der Waals surface area contributed by atoms with Crippen molar-refractivity contribution in [1.29, 1.82) is 0 Å². The number of hydrogen-bond donors (Lipinski definition) is 1. The fourth-order valence-electron chi connectivity index (χ4n) is 2.55. The Hall–Kier alpha value is -1.04. The molecular formula is C15H23BN2O2. The predicted octanol–water partition coefficient (Wildman–Crippen LogP) is 1.35. The van der Waals surface area contributed by atoms with E-state index in [1.807, 2.05) is 0 Å². The Kier molecular flexibility index (Phi) is 3.31. The van der Waals surface area contributed by atoms with Crippen molar-refractivity contribution in [3.05, 3.63) is 24.3 Å². The van der Waals surface area contributed by atoms with Crippen LogP contribution >= 0.6 is 0 Å². The lowest BCUT2D eigenvalue weighted by molar-refractivity contribution is 0.00578. The molecule has 3 rings (SSSR count). The van der Waals surface area contributed by atoms with Crippen molar-refractivity contribution in [3.63, 3.8) is 0 Å². The van der Waals surface area contributed by atoms with Crippen molar-refractivity contribution >= 4 is 18.3 Å². The van der Waals surface area contributed by atoms with E-state index < -0.39 is 0 Å². The third-order valence-corrected chi connectivity index (χ3v) is 4.64. The summed E-state index contributed by atoms with van der Waals surface area (Å²) in [6.45, 7) is 11.4. The molecule has 0 radical (unpaired) electrons. The van der Waals surface area contributed by atoms with Crippen LogP contribution in [0.3, 0.4) is 0 Å². The minimum absolute atomic E-state index is 0.272. The van der Waals surface area contributed by atoms with E-state index in [0.717, 1.165) is 25.2 Å². The largest absolute Gasteiger partial charge is 0.494 e. The van der Waals surface area contributed by atoms with Crippen molar-refractivity contribution in [3.8, 4) is 0 Å². The molecule has 2 aliphatic heterocycles. The summed E-state index contributed by atoms with van der Waals surface area (Å²) in [4.78, 5) is 2.33. The highest BCUT2D eigenvalue weighted by molar-refractivity contribution is 6.62. The molecule has 2 aliphatic rings. The van der Waals surface area contributed by atoms with Gasteiger partial charge >= 0.3 is 7.12 Å². The predicted molar refractivity (Wildman–Crippen MR) is 82.4 cm³/mol. The standard InChI is InChI=1S/C15H23BN2O2/c1-14(2)15(3,4)20-16(19-14)12-5-7-13(8-6-12)18-10-9-17-11-18/h5-8,17H,9-11H2,1-4H3. The van der Waals surface area contributed by atoms with E-state index in [2.05, 4.69) is 62.2 Å². The van der Waals surface area contributed by atoms with Gasteiger partial charge in [0, 0.05) is 18.8 Å². The number of nitrogens with zero attached hydrogens (tertiary/aromatic N) is 1. The first-order valence-electron chi connectivity index (χ1n) is 7.30. The molecule has 1 aromatic rings. The van der Waals surface area contributed by atoms with E-state index in [1.54, 1.807) is 0 Å². The van der Waals surface area contributed by atoms with Gasteiger partial charge in [-0.15, -0.1) is 0 Å². The van der Waals surface area contributed by atoms with Gasteiger partial charge in [-0.2, -0.15) is 0 Å². The van der Waals surface area contributed by atoms with Gasteiger partial charge in [0.05, 0.1) is 17.9 Å². The second-order valence-corrected chi connectivity index (χ2v) is 6.60. The van der Waals surface area contributed by atoms with Crippen LogP contribution in [0.1, 0.15) is 27.7 Å². The minimum atomic E-state index is -0.283. The summed E-state index contributed by atoms with van der Waals surface area (Å²) < 4.78 is 12.1. The summed E-state index contributed by atoms with van der Waals surface area (Å²) in [7, 11) is -0.272. The van der Waals surface area contributed by atoms with E-state index in [-0.39, 0.29) is 18.3 Å². The van der Waals surface area contributed by atoms with Crippen LogP contribution in [-0.4, -0.2) is 38.1 Å². The normalized spacial score (nSPS) is 24.4. The molecule has 0 unspecified atom stereocenters. The van der Waals surface area contributed by atoms with Crippen LogP contribution in [0.4, 0.5) is 5.69 Å². The van der Waals surface area contributed by atoms with Gasteiger partial charge in [-0.1, -0.05) is 12.1 Å². The SMILES string of the molecule is CC1(C)OB(c2ccc(N3CCNC3)cc2)OC1(C)C. The van der Waals surface area contributed by atoms with Gasteiger partial charge in [-0.05, 0) is 45.3 Å². The zero-order valence-electron chi connectivity index (χ0n) is 12.8. The zero-order valence-corrected chi connectivity index (χ0v) is 12.8. The van der Waals surface area contributed by atoms with Crippen molar-refractivity contribution in [2.24, 2.45) is 0 Å². The monoisotopic (exact) mass is 274 g/mol. The van der Waals surface area contributed by atoms with Crippen LogP contribution in [0.15, 0.2) is 24.3 Å². The number of nitrogens with one attached hydrogen (secondary N) is 1. The Morgan fingerprint density at radius 3 is 2.15 bits per heavy atom. The van der Waals surface area contributed by atoms with Crippen molar-refractivity contribution in [2.75, 3.05) is 24.7 Å². The molecule has 5 heteroatoms. The Balaban J connectivity index is 1.75. The maximum atomic E-state index is 6.07. The lowest BCUT2D eigenvalue weighted by Crippen LogP contribution is -2.41. The van der Waals surface area contributed by atoms with Gasteiger partial charge in [0.15, 0.2) is 0 Å². The lowest BCUT2D eigenvalue weighted by Gasteiger charge is -2.32. The summed E-state index contributed by atoms with van der Waals surface area (Å²) >= 11 is 0. The van der Waals surface area contributed by atoms with Gasteiger partial charge < -0.3 is 14.2 Å². The molecule has 0 saturated carbocycles. The number of hydrogen-bond acceptors (Lipinski definition) is 4. The second-order valence-electron chi connectivity index (χ2n) is 6.60. The maximum Gasteiger partial charge on any atom is 0.494 e. The average molecular weight is 274 g/mol. The first-order chi connectivity index (χ1) is 9.39. The van der Waals surface area contributed by atoms with Gasteiger partial charge in [-0.25, -0.2) is 0 Å². The van der Waals surface area contributed by atoms with E-state index in [4.69, 9.17) is 9.31 Å². The van der Waals surface area contributed by atoms with E-state index >= 15 is 0 Å². The van der Waals surface area contributed by atoms with Gasteiger partial charge in [0.1, 0.15) is 0 Å². The summed E-state index contributed by atoms with van der Waals surface area (Å²) in [5.41, 5.74) is 1.76. The van der Waals surface area contributed by atoms with Crippen LogP contribution in [0.25, 0.3) is 0 Å². The molecule has 1 aromatic carbocycles. The molecule has 0 aromatic heterocycles. The van der Waals surface area contributed by atoms with Crippen LogP contribution < -0.4 is 15.7 Å². The quantitative estimate of drug-likeness (QED) is 0.825. The molecule has 4 nitrogen and oxygen atoms in total. The van der Waals surface area contributed by atoms with E-state index in [0.29, 0.717) is 0 Å². The third kappa shape index (κ3) is 2.34. The molecule has 0 bridgehead atoms. The van der Waals surface area contributed by atoms with E-state index in [9.17, 15) is 0 Å². The summed E-state index contributed by atoms with van der Waals surface area (Å²) in [6.07, 6.45) is 0. The Bertz CT molecular complexity index is 465. The number of rotatable bonds is 2. The first-order valence-corrected chi connectivity index (χ1v) is 7.30. The molecule has 2 fully saturated rings. The van der Waals surface area contributed by atoms with Crippen LogP contribution in [0.2, 0.25) is 0 Å². The topological polar surface area (TPSA) is 33.7 Å². The molecule has 0 spiro atoms. The average Bonchev–Trinajstić information content (AvgIpc) is 2.97. The maximum absolute atomic E-state index is 6.07. The highest BCUT2D eigenvalue weighted by Gasteiger charge is 2.51. The van der Waals surface area contributed by atoms with Crippen LogP contribution in [-0.2, 0) is 9.31 Å². The fraction of sp³-hybridized carbons (Fsp3) is 0.600. The fourth-order valence-corrected chi connectivity index (χ4v) is 2.55. The van der Waals surface area contributed by atoms with Crippen molar-refractivity contribution in [1.82, 2.24) is 5.32 Å². The Morgan fingerprint density at radius 1 is 1.05 bits per heavy atom. The Labute approximate surface area is 121 Å². The number of anilines is 1. The molecule has 108 valence electrons. The minimum Gasteiger partial charge on any atom is -0.399 e. The van der Waals surface area contributed by atoms with Crippen molar-refractivity contribution in [2.45, 2.75) is 38.9 Å². The molecule has 20 heavy (non-hydrogen) atoms. The molecule has 1 N–H and O–H groups in total. The molecular weight excluding hydrogens is 251 g/mol. The summed E-state index contributed by atoms with van der Waals surface area (Å²) in [5.74, 6) is 0. The first kappa shape index (κ1) is 13.9. The second kappa shape index (κ2) is 4.76. The van der Waals surface area contributed by atoms with Gasteiger partial charge in [0.2, 0.25) is 0 Å². The summed E-state index contributed by atoms with van der Waals surface area (Å²) in [6, 6.07) is 8.51. The molecule has 0 aliphatic carbocycles.